The maximum absolute atomic E-state index is 13.3. The molecule has 2 amide bonds. The van der Waals surface area contributed by atoms with Crippen molar-refractivity contribution in [3.63, 3.8) is 0 Å². The molecule has 0 aliphatic carbocycles. The lowest BCUT2D eigenvalue weighted by Crippen LogP contribution is -2.34. The number of carbonyl (C=O) groups is 2. The van der Waals surface area contributed by atoms with Crippen LogP contribution in [0.25, 0.3) is 0 Å². The Morgan fingerprint density at radius 3 is 2.22 bits per heavy atom. The van der Waals surface area contributed by atoms with Crippen LogP contribution >= 0.6 is 11.8 Å². The van der Waals surface area contributed by atoms with Crippen LogP contribution in [0.1, 0.15) is 22.3 Å². The zero-order valence-electron chi connectivity index (χ0n) is 18.3. The molecule has 1 aliphatic heterocycles. The van der Waals surface area contributed by atoms with Crippen LogP contribution < -0.4 is 10.2 Å². The average molecular weight is 443 g/mol. The Bertz CT molecular complexity index is 1150. The summed E-state index contributed by atoms with van der Waals surface area (Å²) in [5.41, 5.74) is 5.49. The second-order valence-electron chi connectivity index (χ2n) is 7.98. The van der Waals surface area contributed by atoms with Crippen molar-refractivity contribution in [1.82, 2.24) is 5.32 Å². The molecule has 4 rings (SSSR count). The van der Waals surface area contributed by atoms with Gasteiger partial charge in [-0.2, -0.15) is 0 Å². The molecule has 1 heterocycles. The lowest BCUT2D eigenvalue weighted by Gasteiger charge is -2.30. The van der Waals surface area contributed by atoms with E-state index in [1.165, 1.54) is 34.5 Å². The fourth-order valence-corrected chi connectivity index (χ4v) is 4.58. The highest BCUT2D eigenvalue weighted by Crippen LogP contribution is 2.41. The fraction of sp³-hybridized carbons (Fsp3) is 0.185. The average Bonchev–Trinajstić information content (AvgIpc) is 2.79. The molecule has 1 aliphatic rings. The van der Waals surface area contributed by atoms with Gasteiger partial charge in [0.05, 0.1) is 17.1 Å². The van der Waals surface area contributed by atoms with Gasteiger partial charge in [-0.25, -0.2) is 0 Å². The van der Waals surface area contributed by atoms with Gasteiger partial charge in [-0.1, -0.05) is 83.6 Å². The van der Waals surface area contributed by atoms with Crippen molar-refractivity contribution in [1.29, 1.82) is 0 Å². The first-order chi connectivity index (χ1) is 15.5. The molecule has 0 aromatic heterocycles. The fourth-order valence-electron chi connectivity index (χ4n) is 3.55. The van der Waals surface area contributed by atoms with E-state index in [9.17, 15) is 9.59 Å². The summed E-state index contributed by atoms with van der Waals surface area (Å²) in [4.78, 5) is 29.0. The Morgan fingerprint density at radius 1 is 0.906 bits per heavy atom. The molecule has 0 atom stereocenters. The Labute approximate surface area is 193 Å². The maximum atomic E-state index is 13.3. The molecular formula is C27H26N2O2S. The monoisotopic (exact) mass is 442 g/mol. The highest BCUT2D eigenvalue weighted by Gasteiger charge is 2.29. The van der Waals surface area contributed by atoms with E-state index < -0.39 is 0 Å². The lowest BCUT2D eigenvalue weighted by molar-refractivity contribution is -0.118. The SMILES string of the molecule is Cc1ccc(CCNC(=O)/C=C2\Sc3ccccc3N(Cc3ccc(C)cc3)C2=O)cc1. The van der Waals surface area contributed by atoms with Crippen LogP contribution in [-0.2, 0) is 22.6 Å². The summed E-state index contributed by atoms with van der Waals surface area (Å²) in [6.07, 6.45) is 2.18. The van der Waals surface area contributed by atoms with Crippen molar-refractivity contribution in [2.45, 2.75) is 31.7 Å². The van der Waals surface area contributed by atoms with Gasteiger partial charge in [0, 0.05) is 17.5 Å². The van der Waals surface area contributed by atoms with Gasteiger partial charge < -0.3 is 10.2 Å². The molecule has 1 N–H and O–H groups in total. The summed E-state index contributed by atoms with van der Waals surface area (Å²) < 4.78 is 0. The van der Waals surface area contributed by atoms with Crippen LogP contribution in [0.5, 0.6) is 0 Å². The highest BCUT2D eigenvalue weighted by molar-refractivity contribution is 8.04. The summed E-state index contributed by atoms with van der Waals surface area (Å²) in [5, 5.41) is 2.91. The molecule has 0 unspecified atom stereocenters. The van der Waals surface area contributed by atoms with E-state index >= 15 is 0 Å². The van der Waals surface area contributed by atoms with Crippen molar-refractivity contribution >= 4 is 29.3 Å². The molecule has 3 aromatic carbocycles. The van der Waals surface area contributed by atoms with E-state index in [-0.39, 0.29) is 11.8 Å². The summed E-state index contributed by atoms with van der Waals surface area (Å²) in [5.74, 6) is -0.398. The van der Waals surface area contributed by atoms with Gasteiger partial charge in [-0.15, -0.1) is 0 Å². The minimum Gasteiger partial charge on any atom is -0.352 e. The van der Waals surface area contributed by atoms with Crippen LogP contribution in [0, 0.1) is 13.8 Å². The van der Waals surface area contributed by atoms with Crippen LogP contribution in [0.3, 0.4) is 0 Å². The number of amides is 2. The van der Waals surface area contributed by atoms with Crippen molar-refractivity contribution in [3.05, 3.63) is 106 Å². The Hall–Kier alpha value is -3.31. The molecular weight excluding hydrogens is 416 g/mol. The summed E-state index contributed by atoms with van der Waals surface area (Å²) >= 11 is 1.35. The van der Waals surface area contributed by atoms with Crippen molar-refractivity contribution in [3.8, 4) is 0 Å². The third kappa shape index (κ3) is 5.29. The van der Waals surface area contributed by atoms with Gasteiger partial charge in [0.1, 0.15) is 0 Å². The summed E-state index contributed by atoms with van der Waals surface area (Å²) in [7, 11) is 0. The number of nitrogens with one attached hydrogen (secondary N) is 1. The maximum Gasteiger partial charge on any atom is 0.265 e. The van der Waals surface area contributed by atoms with E-state index in [0.29, 0.717) is 18.0 Å². The number of hydrogen-bond acceptors (Lipinski definition) is 3. The predicted molar refractivity (Wildman–Crippen MR) is 131 cm³/mol. The number of thioether (sulfide) groups is 1. The van der Waals surface area contributed by atoms with Crippen molar-refractivity contribution in [2.24, 2.45) is 0 Å². The number of aryl methyl sites for hydroxylation is 2. The van der Waals surface area contributed by atoms with Gasteiger partial charge in [0.25, 0.3) is 5.91 Å². The minimum atomic E-state index is -0.248. The van der Waals surface area contributed by atoms with Gasteiger partial charge in [0.2, 0.25) is 5.91 Å². The Kier molecular flexibility index (Phi) is 6.76. The minimum absolute atomic E-state index is 0.150. The molecule has 4 nitrogen and oxygen atoms in total. The van der Waals surface area contributed by atoms with Gasteiger partial charge in [0.15, 0.2) is 0 Å². The molecule has 0 radical (unpaired) electrons. The zero-order valence-corrected chi connectivity index (χ0v) is 19.1. The predicted octanol–water partition coefficient (Wildman–Crippen LogP) is 5.19. The van der Waals surface area contributed by atoms with Crippen LogP contribution in [0.15, 0.2) is 88.7 Å². The first kappa shape index (κ1) is 21.9. The van der Waals surface area contributed by atoms with Crippen LogP contribution in [0.2, 0.25) is 0 Å². The highest BCUT2D eigenvalue weighted by atomic mass is 32.2. The molecule has 5 heteroatoms. The first-order valence-electron chi connectivity index (χ1n) is 10.7. The Balaban J connectivity index is 1.47. The van der Waals surface area contributed by atoms with E-state index in [4.69, 9.17) is 0 Å². The smallest absolute Gasteiger partial charge is 0.265 e. The second-order valence-corrected chi connectivity index (χ2v) is 9.07. The quantitative estimate of drug-likeness (QED) is 0.535. The summed E-state index contributed by atoms with van der Waals surface area (Å²) in [6, 6.07) is 24.2. The normalized spacial score (nSPS) is 14.4. The number of carbonyl (C=O) groups excluding carboxylic acids is 2. The number of hydrogen-bond donors (Lipinski definition) is 1. The molecule has 0 fully saturated rings. The molecule has 0 bridgehead atoms. The second kappa shape index (κ2) is 9.88. The van der Waals surface area contributed by atoms with Gasteiger partial charge in [-0.05, 0) is 43.5 Å². The molecule has 3 aromatic rings. The molecule has 0 saturated heterocycles. The van der Waals surface area contributed by atoms with E-state index in [2.05, 4.69) is 36.5 Å². The van der Waals surface area contributed by atoms with E-state index in [0.717, 1.165) is 22.6 Å². The van der Waals surface area contributed by atoms with Gasteiger partial charge >= 0.3 is 0 Å². The number of fused-ring (bicyclic) bond motifs is 1. The number of nitrogens with zero attached hydrogens (tertiary/aromatic N) is 1. The molecule has 0 saturated carbocycles. The standard InChI is InChI=1S/C27H26N2O2S/c1-19-7-11-21(12-8-19)15-16-28-26(30)17-25-27(31)29(18-22-13-9-20(2)10-14-22)23-5-3-4-6-24(23)32-25/h3-14,17H,15-16,18H2,1-2H3,(H,28,30)/b25-17-. The summed E-state index contributed by atoms with van der Waals surface area (Å²) in [6.45, 7) is 5.08. The van der Waals surface area contributed by atoms with Crippen LogP contribution in [-0.4, -0.2) is 18.4 Å². The lowest BCUT2D eigenvalue weighted by atomic mass is 10.1. The third-order valence-corrected chi connectivity index (χ3v) is 6.47. The van der Waals surface area contributed by atoms with Crippen molar-refractivity contribution < 1.29 is 9.59 Å². The number of para-hydroxylation sites is 1. The van der Waals surface area contributed by atoms with Crippen molar-refractivity contribution in [2.75, 3.05) is 11.4 Å². The number of rotatable bonds is 6. The Morgan fingerprint density at radius 2 is 1.53 bits per heavy atom. The molecule has 162 valence electrons. The molecule has 32 heavy (non-hydrogen) atoms. The van der Waals surface area contributed by atoms with Gasteiger partial charge in [-0.3, -0.25) is 9.59 Å². The van der Waals surface area contributed by atoms with Crippen LogP contribution in [0.4, 0.5) is 5.69 Å². The largest absolute Gasteiger partial charge is 0.352 e. The number of anilines is 1. The number of benzene rings is 3. The van der Waals surface area contributed by atoms with E-state index in [1.54, 1.807) is 4.90 Å². The topological polar surface area (TPSA) is 49.4 Å². The third-order valence-electron chi connectivity index (χ3n) is 5.39. The zero-order chi connectivity index (χ0) is 22.5. The molecule has 0 spiro atoms. The van der Waals surface area contributed by atoms with E-state index in [1.807, 2.05) is 55.5 Å². The first-order valence-corrected chi connectivity index (χ1v) is 11.5.